The molecule has 124 valence electrons. The van der Waals surface area contributed by atoms with E-state index in [2.05, 4.69) is 0 Å². The van der Waals surface area contributed by atoms with Crippen LogP contribution < -0.4 is 15.6 Å². The summed E-state index contributed by atoms with van der Waals surface area (Å²) in [6.45, 7) is 7.98. The van der Waals surface area contributed by atoms with Gasteiger partial charge in [-0.25, -0.2) is 8.60 Å². The number of benzene rings is 1. The zero-order valence-corrected chi connectivity index (χ0v) is 14.4. The number of fused-ring (bicyclic) bond motifs is 1. The highest BCUT2D eigenvalue weighted by molar-refractivity contribution is 7.84. The van der Waals surface area contributed by atoms with Crippen molar-refractivity contribution in [3.8, 4) is 5.75 Å². The van der Waals surface area contributed by atoms with Crippen molar-refractivity contribution in [1.29, 1.82) is 0 Å². The molecule has 3 atom stereocenters. The standard InChI is InChI=1S/C16H25FN2O2S/c1-10(7-15(2,3)22(19)20)13-6-12(17)5-11-8-16(4,9-18)21-14(11)13/h5-6,10H,7-9,18-19H2,1-4H3/t10-,16-,22?/m1/s1. The molecule has 0 saturated carbocycles. The average Bonchev–Trinajstić information content (AvgIpc) is 2.74. The third kappa shape index (κ3) is 3.34. The fraction of sp³-hybridized carbons (Fsp3) is 0.625. The van der Waals surface area contributed by atoms with Gasteiger partial charge >= 0.3 is 0 Å². The van der Waals surface area contributed by atoms with Crippen molar-refractivity contribution in [3.05, 3.63) is 29.1 Å². The molecule has 6 heteroatoms. The molecule has 1 aliphatic heterocycles. The first-order valence-electron chi connectivity index (χ1n) is 7.46. The topological polar surface area (TPSA) is 78.3 Å². The van der Waals surface area contributed by atoms with Crippen LogP contribution in [0.25, 0.3) is 0 Å². The second kappa shape index (κ2) is 5.91. The van der Waals surface area contributed by atoms with E-state index in [0.717, 1.165) is 16.9 Å². The Morgan fingerprint density at radius 2 is 2.14 bits per heavy atom. The Labute approximate surface area is 134 Å². The van der Waals surface area contributed by atoms with Crippen molar-refractivity contribution >= 4 is 11.0 Å². The molecule has 4 N–H and O–H groups in total. The lowest BCUT2D eigenvalue weighted by atomic mass is 9.89. The minimum absolute atomic E-state index is 0.0212. The summed E-state index contributed by atoms with van der Waals surface area (Å²) in [5.41, 5.74) is 6.93. The second-order valence-electron chi connectivity index (χ2n) is 7.08. The maximum Gasteiger partial charge on any atom is 0.127 e. The van der Waals surface area contributed by atoms with Crippen LogP contribution in [0.5, 0.6) is 5.75 Å². The van der Waals surface area contributed by atoms with Crippen molar-refractivity contribution in [3.63, 3.8) is 0 Å². The zero-order chi connectivity index (χ0) is 16.7. The first-order chi connectivity index (χ1) is 10.1. The first kappa shape index (κ1) is 17.4. The molecule has 4 nitrogen and oxygen atoms in total. The van der Waals surface area contributed by atoms with E-state index in [9.17, 15) is 8.60 Å². The van der Waals surface area contributed by atoms with Crippen LogP contribution >= 0.6 is 0 Å². The SMILES string of the molecule is C[C@H](CC(C)(C)S(N)=O)c1cc(F)cc2c1O[C@@](C)(CN)C2. The van der Waals surface area contributed by atoms with E-state index in [1.807, 2.05) is 27.7 Å². The van der Waals surface area contributed by atoms with Crippen molar-refractivity contribution in [2.45, 2.75) is 56.8 Å². The number of ether oxygens (including phenoxy) is 1. The fourth-order valence-corrected chi connectivity index (χ4v) is 3.44. The van der Waals surface area contributed by atoms with Gasteiger partial charge in [-0.15, -0.1) is 0 Å². The van der Waals surface area contributed by atoms with Crippen molar-refractivity contribution in [2.24, 2.45) is 10.9 Å². The highest BCUT2D eigenvalue weighted by atomic mass is 32.2. The molecule has 0 spiro atoms. The molecule has 1 aliphatic rings. The van der Waals surface area contributed by atoms with E-state index in [1.165, 1.54) is 12.1 Å². The van der Waals surface area contributed by atoms with Crippen molar-refractivity contribution < 1.29 is 13.3 Å². The van der Waals surface area contributed by atoms with Gasteiger partial charge < -0.3 is 10.5 Å². The predicted molar refractivity (Wildman–Crippen MR) is 87.6 cm³/mol. The van der Waals surface area contributed by atoms with E-state index in [0.29, 0.717) is 19.4 Å². The summed E-state index contributed by atoms with van der Waals surface area (Å²) in [4.78, 5) is 0. The molecule has 0 saturated heterocycles. The lowest BCUT2D eigenvalue weighted by molar-refractivity contribution is 0.124. The normalized spacial score (nSPS) is 23.8. The number of hydrogen-bond acceptors (Lipinski definition) is 3. The van der Waals surface area contributed by atoms with Gasteiger partial charge in [0.2, 0.25) is 0 Å². The Bertz CT molecular complexity index is 606. The molecular weight excluding hydrogens is 303 g/mol. The van der Waals surface area contributed by atoms with Crippen LogP contribution in [-0.2, 0) is 17.4 Å². The Hall–Kier alpha value is -0.980. The molecular formula is C16H25FN2O2S. The van der Waals surface area contributed by atoms with Crippen LogP contribution in [0, 0.1) is 5.82 Å². The number of rotatable bonds is 5. The second-order valence-corrected chi connectivity index (χ2v) is 8.78. The number of halogens is 1. The van der Waals surface area contributed by atoms with E-state index >= 15 is 0 Å². The molecule has 0 aliphatic carbocycles. The minimum Gasteiger partial charge on any atom is -0.485 e. The largest absolute Gasteiger partial charge is 0.485 e. The highest BCUT2D eigenvalue weighted by Gasteiger charge is 2.37. The summed E-state index contributed by atoms with van der Waals surface area (Å²) >= 11 is 0. The summed E-state index contributed by atoms with van der Waals surface area (Å²) in [5.74, 6) is 0.421. The Balaban J connectivity index is 2.36. The molecule has 22 heavy (non-hydrogen) atoms. The van der Waals surface area contributed by atoms with Crippen LogP contribution in [0.1, 0.15) is 51.2 Å². The van der Waals surface area contributed by atoms with Gasteiger partial charge in [0.05, 0.1) is 15.7 Å². The van der Waals surface area contributed by atoms with E-state index in [-0.39, 0.29) is 11.7 Å². The van der Waals surface area contributed by atoms with Crippen LogP contribution in [0.2, 0.25) is 0 Å². The van der Waals surface area contributed by atoms with Gasteiger partial charge in [-0.1, -0.05) is 6.92 Å². The molecule has 1 aromatic carbocycles. The van der Waals surface area contributed by atoms with Gasteiger partial charge in [-0.2, -0.15) is 0 Å². The zero-order valence-electron chi connectivity index (χ0n) is 13.6. The molecule has 1 aromatic rings. The summed E-state index contributed by atoms with van der Waals surface area (Å²) in [6, 6.07) is 3.01. The molecule has 2 rings (SSSR count). The fourth-order valence-electron chi connectivity index (χ4n) is 3.02. The third-order valence-corrected chi connectivity index (χ3v) is 5.63. The Morgan fingerprint density at radius 1 is 1.50 bits per heavy atom. The summed E-state index contributed by atoms with van der Waals surface area (Å²) < 4.78 is 31.1. The van der Waals surface area contributed by atoms with Gasteiger partial charge in [-0.05, 0) is 45.2 Å². The highest BCUT2D eigenvalue weighted by Crippen LogP contribution is 2.43. The quantitative estimate of drug-likeness (QED) is 0.871. The molecule has 0 aromatic heterocycles. The first-order valence-corrected chi connectivity index (χ1v) is 8.67. The molecule has 0 fully saturated rings. The molecule has 1 unspecified atom stereocenters. The maximum absolute atomic E-state index is 14.0. The van der Waals surface area contributed by atoms with Gasteiger partial charge in [0.15, 0.2) is 0 Å². The third-order valence-electron chi connectivity index (χ3n) is 4.38. The predicted octanol–water partition coefficient (Wildman–Crippen LogP) is 2.37. The van der Waals surface area contributed by atoms with Crippen LogP contribution in [0.3, 0.4) is 0 Å². The Morgan fingerprint density at radius 3 is 2.68 bits per heavy atom. The molecule has 0 amide bonds. The molecule has 1 heterocycles. The van der Waals surface area contributed by atoms with Gasteiger partial charge in [-0.3, -0.25) is 5.14 Å². The maximum atomic E-state index is 14.0. The van der Waals surface area contributed by atoms with E-state index < -0.39 is 21.3 Å². The number of nitrogens with two attached hydrogens (primary N) is 2. The monoisotopic (exact) mass is 328 g/mol. The number of hydrogen-bond donors (Lipinski definition) is 2. The van der Waals surface area contributed by atoms with E-state index in [1.54, 1.807) is 0 Å². The smallest absolute Gasteiger partial charge is 0.127 e. The van der Waals surface area contributed by atoms with Gasteiger partial charge in [0.25, 0.3) is 0 Å². The summed E-state index contributed by atoms with van der Waals surface area (Å²) in [6.07, 6.45) is 1.18. The summed E-state index contributed by atoms with van der Waals surface area (Å²) in [5, 5.41) is 5.55. The average molecular weight is 328 g/mol. The van der Waals surface area contributed by atoms with Crippen LogP contribution in [0.4, 0.5) is 4.39 Å². The van der Waals surface area contributed by atoms with E-state index in [4.69, 9.17) is 15.6 Å². The van der Waals surface area contributed by atoms with Crippen LogP contribution in [0.15, 0.2) is 12.1 Å². The minimum atomic E-state index is -1.45. The van der Waals surface area contributed by atoms with Gasteiger partial charge in [0, 0.05) is 24.1 Å². The molecule has 0 bridgehead atoms. The van der Waals surface area contributed by atoms with Gasteiger partial charge in [0.1, 0.15) is 17.2 Å². The lowest BCUT2D eigenvalue weighted by Gasteiger charge is -2.27. The Kier molecular flexibility index (Phi) is 4.66. The van der Waals surface area contributed by atoms with Crippen LogP contribution in [-0.4, -0.2) is 21.1 Å². The summed E-state index contributed by atoms with van der Waals surface area (Å²) in [7, 11) is -1.45. The lowest BCUT2D eigenvalue weighted by Crippen LogP contribution is -2.39. The molecule has 0 radical (unpaired) electrons. The van der Waals surface area contributed by atoms with Crippen molar-refractivity contribution in [2.75, 3.05) is 6.54 Å². The van der Waals surface area contributed by atoms with Crippen molar-refractivity contribution in [1.82, 2.24) is 0 Å².